The molecule has 8 heteroatoms. The van der Waals surface area contributed by atoms with Crippen LogP contribution >= 0.6 is 11.3 Å². The molecule has 4 rings (SSSR count). The maximum atomic E-state index is 12.7. The van der Waals surface area contributed by atoms with Crippen molar-refractivity contribution in [3.05, 3.63) is 53.9 Å². The fourth-order valence-corrected chi connectivity index (χ4v) is 4.11. The van der Waals surface area contributed by atoms with Gasteiger partial charge in [0.05, 0.1) is 6.61 Å². The number of rotatable bonds is 7. The number of amides is 1. The Balaban J connectivity index is 1.42. The molecule has 0 radical (unpaired) electrons. The maximum Gasteiger partial charge on any atom is 0.268 e. The lowest BCUT2D eigenvalue weighted by atomic mass is 10.2. The monoisotopic (exact) mass is 397 g/mol. The fraction of sp³-hybridized carbons (Fsp3) is 0.350. The third-order valence-electron chi connectivity index (χ3n) is 4.66. The van der Waals surface area contributed by atoms with E-state index in [1.165, 1.54) is 24.2 Å². The highest BCUT2D eigenvalue weighted by Crippen LogP contribution is 2.27. The normalized spacial score (nSPS) is 13.7. The van der Waals surface area contributed by atoms with Crippen molar-refractivity contribution in [3.8, 4) is 10.9 Å². The first-order valence-corrected chi connectivity index (χ1v) is 10.3. The molecule has 2 aromatic heterocycles. The van der Waals surface area contributed by atoms with Crippen LogP contribution in [0.2, 0.25) is 0 Å². The quantitative estimate of drug-likeness (QED) is 0.663. The van der Waals surface area contributed by atoms with Gasteiger partial charge in [0.1, 0.15) is 11.4 Å². The largest absolute Gasteiger partial charge is 0.494 e. The molecule has 3 heterocycles. The highest BCUT2D eigenvalue weighted by atomic mass is 32.1. The Bertz CT molecular complexity index is 928. The third kappa shape index (κ3) is 4.01. The van der Waals surface area contributed by atoms with Gasteiger partial charge in [0.2, 0.25) is 10.3 Å². The van der Waals surface area contributed by atoms with Crippen LogP contribution in [0.1, 0.15) is 35.8 Å². The first kappa shape index (κ1) is 18.5. The molecule has 28 heavy (non-hydrogen) atoms. The van der Waals surface area contributed by atoms with E-state index in [0.717, 1.165) is 29.5 Å². The predicted molar refractivity (Wildman–Crippen MR) is 109 cm³/mol. The summed E-state index contributed by atoms with van der Waals surface area (Å²) in [4.78, 5) is 14.9. The predicted octanol–water partition coefficient (Wildman–Crippen LogP) is 3.26. The molecule has 1 N–H and O–H groups in total. The Kier molecular flexibility index (Phi) is 5.57. The van der Waals surface area contributed by atoms with Crippen molar-refractivity contribution in [1.82, 2.24) is 20.1 Å². The summed E-state index contributed by atoms with van der Waals surface area (Å²) in [5.74, 6) is 0.688. The number of carbonyl (C=O) groups is 1. The van der Waals surface area contributed by atoms with Gasteiger partial charge in [-0.2, -0.15) is 0 Å². The molecule has 0 atom stereocenters. The number of hydrogen-bond donors (Lipinski definition) is 1. The minimum Gasteiger partial charge on any atom is -0.494 e. The molecule has 1 saturated heterocycles. The van der Waals surface area contributed by atoms with Gasteiger partial charge in [-0.15, -0.1) is 10.2 Å². The molecule has 1 fully saturated rings. The van der Waals surface area contributed by atoms with E-state index in [9.17, 15) is 4.79 Å². The highest BCUT2D eigenvalue weighted by Gasteiger charge is 2.19. The van der Waals surface area contributed by atoms with Gasteiger partial charge in [-0.1, -0.05) is 23.5 Å². The van der Waals surface area contributed by atoms with Crippen LogP contribution < -0.4 is 15.0 Å². The Labute approximate surface area is 168 Å². The number of aromatic nitrogens is 3. The van der Waals surface area contributed by atoms with Crippen molar-refractivity contribution in [1.29, 1.82) is 0 Å². The second-order valence-corrected chi connectivity index (χ2v) is 7.52. The van der Waals surface area contributed by atoms with Crippen molar-refractivity contribution in [2.24, 2.45) is 0 Å². The lowest BCUT2D eigenvalue weighted by Crippen LogP contribution is -2.25. The minimum absolute atomic E-state index is 0.142. The van der Waals surface area contributed by atoms with Gasteiger partial charge in [0.25, 0.3) is 5.91 Å². The summed E-state index contributed by atoms with van der Waals surface area (Å²) in [5.41, 5.74) is 1.57. The summed E-state index contributed by atoms with van der Waals surface area (Å²) < 4.78 is 7.24. The summed E-state index contributed by atoms with van der Waals surface area (Å²) >= 11 is 1.51. The second kappa shape index (κ2) is 8.43. The molecule has 1 amide bonds. The molecule has 1 aliphatic rings. The average Bonchev–Trinajstić information content (AvgIpc) is 3.48. The number of hydrogen-bond acceptors (Lipinski definition) is 6. The molecule has 3 aromatic rings. The van der Waals surface area contributed by atoms with Crippen LogP contribution in [-0.2, 0) is 6.54 Å². The molecule has 0 aliphatic carbocycles. The van der Waals surface area contributed by atoms with Gasteiger partial charge in [0, 0.05) is 25.8 Å². The molecule has 0 spiro atoms. The smallest absolute Gasteiger partial charge is 0.268 e. The standard InChI is InChI=1S/C20H23N5O2S/c1-2-27-16-9-7-15(8-10-16)14-21-18(26)17-6-5-13-25(17)20-23-22-19(28-20)24-11-3-4-12-24/h5-10,13H,2-4,11-12,14H2,1H3,(H,21,26). The first-order valence-electron chi connectivity index (χ1n) is 9.50. The number of benzene rings is 1. The van der Waals surface area contributed by atoms with Crippen LogP contribution in [0.4, 0.5) is 5.13 Å². The van der Waals surface area contributed by atoms with Crippen molar-refractivity contribution < 1.29 is 9.53 Å². The molecule has 146 valence electrons. The molecular formula is C20H23N5O2S. The van der Waals surface area contributed by atoms with Gasteiger partial charge < -0.3 is 15.0 Å². The average molecular weight is 398 g/mol. The molecule has 7 nitrogen and oxygen atoms in total. The van der Waals surface area contributed by atoms with Gasteiger partial charge >= 0.3 is 0 Å². The van der Waals surface area contributed by atoms with Crippen molar-refractivity contribution in [2.75, 3.05) is 24.6 Å². The zero-order chi connectivity index (χ0) is 19.3. The van der Waals surface area contributed by atoms with Gasteiger partial charge in [-0.3, -0.25) is 9.36 Å². The number of ether oxygens (including phenoxy) is 1. The second-order valence-electron chi connectivity index (χ2n) is 6.58. The van der Waals surface area contributed by atoms with Gasteiger partial charge in [-0.05, 0) is 49.6 Å². The third-order valence-corrected chi connectivity index (χ3v) is 5.64. The van der Waals surface area contributed by atoms with Crippen LogP contribution in [0.5, 0.6) is 5.75 Å². The minimum atomic E-state index is -0.142. The van der Waals surface area contributed by atoms with Crippen molar-refractivity contribution in [2.45, 2.75) is 26.3 Å². The summed E-state index contributed by atoms with van der Waals surface area (Å²) in [7, 11) is 0. The molecule has 0 bridgehead atoms. The van der Waals surface area contributed by atoms with Crippen LogP contribution in [0.25, 0.3) is 5.13 Å². The van der Waals surface area contributed by atoms with E-state index < -0.39 is 0 Å². The molecule has 0 unspecified atom stereocenters. The van der Waals surface area contributed by atoms with E-state index in [-0.39, 0.29) is 5.91 Å². The van der Waals surface area contributed by atoms with E-state index in [1.54, 1.807) is 10.6 Å². The first-order chi connectivity index (χ1) is 13.7. The Morgan fingerprint density at radius 3 is 2.64 bits per heavy atom. The lowest BCUT2D eigenvalue weighted by Gasteiger charge is -2.11. The Hall–Kier alpha value is -2.87. The molecular weight excluding hydrogens is 374 g/mol. The van der Waals surface area contributed by atoms with E-state index in [4.69, 9.17) is 4.74 Å². The lowest BCUT2D eigenvalue weighted by molar-refractivity contribution is 0.0944. The van der Waals surface area contributed by atoms with E-state index >= 15 is 0 Å². The van der Waals surface area contributed by atoms with E-state index in [0.29, 0.717) is 24.0 Å². The van der Waals surface area contributed by atoms with Crippen LogP contribution in [0.3, 0.4) is 0 Å². The summed E-state index contributed by atoms with van der Waals surface area (Å²) in [6.45, 7) is 5.09. The van der Waals surface area contributed by atoms with E-state index in [2.05, 4.69) is 20.4 Å². The zero-order valence-electron chi connectivity index (χ0n) is 15.8. The number of carbonyl (C=O) groups excluding carboxylic acids is 1. The summed E-state index contributed by atoms with van der Waals surface area (Å²) in [6, 6.07) is 11.4. The number of nitrogens with zero attached hydrogens (tertiary/aromatic N) is 4. The fourth-order valence-electron chi connectivity index (χ4n) is 3.22. The molecule has 0 saturated carbocycles. The Morgan fingerprint density at radius 1 is 1.14 bits per heavy atom. The van der Waals surface area contributed by atoms with Crippen LogP contribution in [-0.4, -0.2) is 40.4 Å². The molecule has 1 aliphatic heterocycles. The summed E-state index contributed by atoms with van der Waals surface area (Å²) in [6.07, 6.45) is 4.23. The highest BCUT2D eigenvalue weighted by molar-refractivity contribution is 7.17. The summed E-state index contributed by atoms with van der Waals surface area (Å²) in [5, 5.41) is 13.2. The SMILES string of the molecule is CCOc1ccc(CNC(=O)c2cccn2-c2nnc(N3CCCC3)s2)cc1. The zero-order valence-corrected chi connectivity index (χ0v) is 16.6. The van der Waals surface area contributed by atoms with Crippen LogP contribution in [0.15, 0.2) is 42.6 Å². The van der Waals surface area contributed by atoms with Gasteiger partial charge in [-0.25, -0.2) is 0 Å². The number of anilines is 1. The topological polar surface area (TPSA) is 72.3 Å². The number of nitrogens with one attached hydrogen (secondary N) is 1. The Morgan fingerprint density at radius 2 is 1.89 bits per heavy atom. The van der Waals surface area contributed by atoms with Crippen LogP contribution in [0, 0.1) is 0 Å². The van der Waals surface area contributed by atoms with Gasteiger partial charge in [0.15, 0.2) is 0 Å². The van der Waals surface area contributed by atoms with Crippen molar-refractivity contribution in [3.63, 3.8) is 0 Å². The van der Waals surface area contributed by atoms with E-state index in [1.807, 2.05) is 43.5 Å². The maximum absolute atomic E-state index is 12.7. The molecule has 1 aromatic carbocycles. The van der Waals surface area contributed by atoms with Crippen molar-refractivity contribution >= 4 is 22.4 Å².